The molecule has 0 bridgehead atoms. The van der Waals surface area contributed by atoms with Crippen molar-refractivity contribution < 1.29 is 9.72 Å². The van der Waals surface area contributed by atoms with Crippen LogP contribution in [0, 0.1) is 17.0 Å². The van der Waals surface area contributed by atoms with Crippen LogP contribution >= 0.6 is 11.6 Å². The lowest BCUT2D eigenvalue weighted by atomic mass is 10.1. The number of carbonyl (C=O) groups excluding carboxylic acids is 1. The van der Waals surface area contributed by atoms with E-state index in [2.05, 4.69) is 0 Å². The second-order valence-corrected chi connectivity index (χ2v) is 5.36. The second-order valence-electron chi connectivity index (χ2n) is 4.74. The van der Waals surface area contributed by atoms with Gasteiger partial charge in [0.2, 0.25) is 0 Å². The highest BCUT2D eigenvalue weighted by Crippen LogP contribution is 2.24. The lowest BCUT2D eigenvalue weighted by molar-refractivity contribution is -0.385. The molecule has 1 aromatic carbocycles. The first kappa shape index (κ1) is 13.8. The van der Waals surface area contributed by atoms with Gasteiger partial charge in [-0.05, 0) is 31.4 Å². The molecular weight excluding hydrogens is 268 g/mol. The van der Waals surface area contributed by atoms with Gasteiger partial charge in [-0.15, -0.1) is 11.6 Å². The van der Waals surface area contributed by atoms with Gasteiger partial charge >= 0.3 is 0 Å². The van der Waals surface area contributed by atoms with Crippen molar-refractivity contribution in [2.24, 2.45) is 0 Å². The van der Waals surface area contributed by atoms with Crippen molar-refractivity contribution in [3.05, 3.63) is 39.4 Å². The number of likely N-dealkylation sites (tertiary alicyclic amines) is 1. The number of nitro groups is 1. The maximum Gasteiger partial charge on any atom is 0.282 e. The van der Waals surface area contributed by atoms with Crippen LogP contribution in [0.25, 0.3) is 0 Å². The first-order valence-electron chi connectivity index (χ1n) is 6.17. The van der Waals surface area contributed by atoms with Crippen LogP contribution < -0.4 is 0 Å². The minimum Gasteiger partial charge on any atom is -0.338 e. The molecule has 0 N–H and O–H groups in total. The standard InChI is InChI=1S/C13H15ClN2O3/c1-9-2-3-12(16(18)19)11(8-9)13(17)15-6-4-10(14)5-7-15/h2-3,8,10H,4-7H2,1H3. The molecule has 0 aromatic heterocycles. The van der Waals surface area contributed by atoms with Crippen molar-refractivity contribution in [2.75, 3.05) is 13.1 Å². The predicted octanol–water partition coefficient (Wildman–Crippen LogP) is 2.75. The molecule has 1 aromatic rings. The molecule has 5 nitrogen and oxygen atoms in total. The summed E-state index contributed by atoms with van der Waals surface area (Å²) in [4.78, 5) is 24.5. The van der Waals surface area contributed by atoms with E-state index in [9.17, 15) is 14.9 Å². The van der Waals surface area contributed by atoms with Crippen molar-refractivity contribution in [1.82, 2.24) is 4.90 Å². The van der Waals surface area contributed by atoms with E-state index < -0.39 is 4.92 Å². The first-order valence-corrected chi connectivity index (χ1v) is 6.61. The zero-order chi connectivity index (χ0) is 14.0. The van der Waals surface area contributed by atoms with Gasteiger partial charge in [-0.3, -0.25) is 14.9 Å². The molecule has 19 heavy (non-hydrogen) atoms. The number of piperidine rings is 1. The van der Waals surface area contributed by atoms with Gasteiger partial charge in [0.15, 0.2) is 0 Å². The number of rotatable bonds is 2. The van der Waals surface area contributed by atoms with E-state index in [1.54, 1.807) is 17.0 Å². The third-order valence-corrected chi connectivity index (χ3v) is 3.73. The Morgan fingerprint density at radius 3 is 2.63 bits per heavy atom. The average molecular weight is 283 g/mol. The Labute approximate surface area is 116 Å². The molecule has 1 saturated heterocycles. The van der Waals surface area contributed by atoms with Crippen molar-refractivity contribution in [3.63, 3.8) is 0 Å². The second kappa shape index (κ2) is 5.57. The molecule has 1 aliphatic rings. The van der Waals surface area contributed by atoms with Crippen LogP contribution in [0.2, 0.25) is 0 Å². The average Bonchev–Trinajstić information content (AvgIpc) is 2.38. The molecule has 0 spiro atoms. The van der Waals surface area contributed by atoms with Crippen LogP contribution in [0.1, 0.15) is 28.8 Å². The van der Waals surface area contributed by atoms with Gasteiger partial charge in [0.25, 0.3) is 11.6 Å². The van der Waals surface area contributed by atoms with Gasteiger partial charge in [0.05, 0.1) is 4.92 Å². The Morgan fingerprint density at radius 2 is 2.05 bits per heavy atom. The van der Waals surface area contributed by atoms with E-state index in [4.69, 9.17) is 11.6 Å². The fraction of sp³-hybridized carbons (Fsp3) is 0.462. The lowest BCUT2D eigenvalue weighted by Gasteiger charge is -2.29. The molecule has 0 unspecified atom stereocenters. The fourth-order valence-electron chi connectivity index (χ4n) is 2.20. The van der Waals surface area contributed by atoms with Gasteiger partial charge in [0.1, 0.15) is 5.56 Å². The molecule has 0 radical (unpaired) electrons. The summed E-state index contributed by atoms with van der Waals surface area (Å²) in [5.41, 5.74) is 0.864. The number of aryl methyl sites for hydroxylation is 1. The molecule has 1 aliphatic heterocycles. The number of nitrogens with zero attached hydrogens (tertiary/aromatic N) is 2. The maximum absolute atomic E-state index is 12.4. The zero-order valence-corrected chi connectivity index (χ0v) is 11.4. The normalized spacial score (nSPS) is 16.4. The molecule has 1 fully saturated rings. The summed E-state index contributed by atoms with van der Waals surface area (Å²) in [5.74, 6) is -0.279. The summed E-state index contributed by atoms with van der Waals surface area (Å²) in [6.45, 7) is 2.92. The minimum atomic E-state index is -0.513. The van der Waals surface area contributed by atoms with E-state index in [-0.39, 0.29) is 22.5 Å². The number of benzene rings is 1. The van der Waals surface area contributed by atoms with E-state index in [1.807, 2.05) is 6.92 Å². The van der Waals surface area contributed by atoms with Crippen molar-refractivity contribution in [1.29, 1.82) is 0 Å². The third-order valence-electron chi connectivity index (χ3n) is 3.29. The molecule has 2 rings (SSSR count). The number of hydrogen-bond acceptors (Lipinski definition) is 3. The lowest BCUT2D eigenvalue weighted by Crippen LogP contribution is -2.39. The summed E-state index contributed by atoms with van der Waals surface area (Å²) in [6.07, 6.45) is 1.46. The number of alkyl halides is 1. The number of amides is 1. The summed E-state index contributed by atoms with van der Waals surface area (Å²) in [5, 5.41) is 11.1. The van der Waals surface area contributed by atoms with Crippen LogP contribution in [-0.4, -0.2) is 34.2 Å². The quantitative estimate of drug-likeness (QED) is 0.476. The minimum absolute atomic E-state index is 0.0940. The van der Waals surface area contributed by atoms with Crippen molar-refractivity contribution in [3.8, 4) is 0 Å². The highest BCUT2D eigenvalue weighted by Gasteiger charge is 2.27. The molecule has 102 valence electrons. The number of hydrogen-bond donors (Lipinski definition) is 0. The smallest absolute Gasteiger partial charge is 0.282 e. The summed E-state index contributed by atoms with van der Waals surface area (Å²) < 4.78 is 0. The van der Waals surface area contributed by atoms with E-state index in [0.717, 1.165) is 18.4 Å². The van der Waals surface area contributed by atoms with Crippen LogP contribution in [0.4, 0.5) is 5.69 Å². The Bertz CT molecular complexity index is 511. The predicted molar refractivity (Wildman–Crippen MR) is 72.6 cm³/mol. The van der Waals surface area contributed by atoms with Gasteiger partial charge in [-0.2, -0.15) is 0 Å². The Morgan fingerprint density at radius 1 is 1.42 bits per heavy atom. The maximum atomic E-state index is 12.4. The Kier molecular flexibility index (Phi) is 4.04. The van der Waals surface area contributed by atoms with Crippen LogP contribution in [-0.2, 0) is 0 Å². The largest absolute Gasteiger partial charge is 0.338 e. The first-order chi connectivity index (χ1) is 8.99. The Balaban J connectivity index is 2.27. The molecule has 6 heteroatoms. The highest BCUT2D eigenvalue weighted by atomic mass is 35.5. The van der Waals surface area contributed by atoms with Crippen LogP contribution in [0.3, 0.4) is 0 Å². The monoisotopic (exact) mass is 282 g/mol. The molecular formula is C13H15ClN2O3. The van der Waals surface area contributed by atoms with Gasteiger partial charge < -0.3 is 4.90 Å². The SMILES string of the molecule is Cc1ccc([N+](=O)[O-])c(C(=O)N2CCC(Cl)CC2)c1. The van der Waals surface area contributed by atoms with Crippen molar-refractivity contribution >= 4 is 23.2 Å². The van der Waals surface area contributed by atoms with E-state index in [1.165, 1.54) is 6.07 Å². The van der Waals surface area contributed by atoms with Crippen LogP contribution in [0.15, 0.2) is 18.2 Å². The van der Waals surface area contributed by atoms with Gasteiger partial charge in [-0.1, -0.05) is 6.07 Å². The van der Waals surface area contributed by atoms with E-state index >= 15 is 0 Å². The summed E-state index contributed by atoms with van der Waals surface area (Å²) in [7, 11) is 0. The number of halogens is 1. The third kappa shape index (κ3) is 3.04. The zero-order valence-electron chi connectivity index (χ0n) is 10.6. The molecule has 1 heterocycles. The summed E-state index contributed by atoms with van der Waals surface area (Å²) in [6, 6.07) is 4.60. The number of carbonyl (C=O) groups is 1. The van der Waals surface area contributed by atoms with Crippen molar-refractivity contribution in [2.45, 2.75) is 25.1 Å². The van der Waals surface area contributed by atoms with Gasteiger partial charge in [-0.25, -0.2) is 0 Å². The fourth-order valence-corrected chi connectivity index (χ4v) is 2.40. The topological polar surface area (TPSA) is 63.5 Å². The van der Waals surface area contributed by atoms with Gasteiger partial charge in [0, 0.05) is 24.5 Å². The highest BCUT2D eigenvalue weighted by molar-refractivity contribution is 6.20. The summed E-state index contributed by atoms with van der Waals surface area (Å²) >= 11 is 5.99. The Hall–Kier alpha value is -1.62. The number of nitro benzene ring substituents is 1. The van der Waals surface area contributed by atoms with E-state index in [0.29, 0.717) is 13.1 Å². The molecule has 0 saturated carbocycles. The molecule has 0 atom stereocenters. The molecule has 1 amide bonds. The van der Waals surface area contributed by atoms with Crippen LogP contribution in [0.5, 0.6) is 0 Å². The molecule has 0 aliphatic carbocycles.